The number of morpholine rings is 1. The van der Waals surface area contributed by atoms with Crippen molar-refractivity contribution in [2.24, 2.45) is 0 Å². The first-order chi connectivity index (χ1) is 15.9. The molecule has 0 saturated carbocycles. The van der Waals surface area contributed by atoms with E-state index in [0.29, 0.717) is 28.0 Å². The first-order valence-corrected chi connectivity index (χ1v) is 10.2. The van der Waals surface area contributed by atoms with Gasteiger partial charge < -0.3 is 25.4 Å². The van der Waals surface area contributed by atoms with Gasteiger partial charge in [-0.3, -0.25) is 19.5 Å². The number of hydrogen-bond acceptors (Lipinski definition) is 9. The summed E-state index contributed by atoms with van der Waals surface area (Å²) in [6.45, 7) is 1.72. The van der Waals surface area contributed by atoms with Crippen LogP contribution in [0, 0.1) is 0 Å². The summed E-state index contributed by atoms with van der Waals surface area (Å²) in [7, 11) is 0. The van der Waals surface area contributed by atoms with Gasteiger partial charge in [0.15, 0.2) is 23.1 Å². The Morgan fingerprint density at radius 2 is 2.15 bits per heavy atom. The monoisotopic (exact) mass is 448 g/mol. The second kappa shape index (κ2) is 7.80. The van der Waals surface area contributed by atoms with E-state index in [2.05, 4.69) is 20.4 Å². The van der Waals surface area contributed by atoms with Crippen LogP contribution in [0.25, 0.3) is 21.9 Å². The first-order valence-electron chi connectivity index (χ1n) is 10.2. The van der Waals surface area contributed by atoms with Crippen LogP contribution >= 0.6 is 0 Å². The molecule has 1 saturated heterocycles. The van der Waals surface area contributed by atoms with Gasteiger partial charge in [-0.25, -0.2) is 4.98 Å². The van der Waals surface area contributed by atoms with E-state index in [4.69, 9.17) is 15.0 Å². The molecule has 2 atom stereocenters. The molecule has 4 heterocycles. The average molecular weight is 448 g/mol. The third-order valence-corrected chi connectivity index (χ3v) is 5.68. The number of amides is 2. The Balaban J connectivity index is 1.37. The highest BCUT2D eigenvalue weighted by Gasteiger charge is 2.50. The zero-order chi connectivity index (χ0) is 23.2. The van der Waals surface area contributed by atoms with Crippen LogP contribution in [0.1, 0.15) is 6.92 Å². The van der Waals surface area contributed by atoms with Crippen LogP contribution < -0.4 is 16.0 Å². The second-order valence-electron chi connectivity index (χ2n) is 7.82. The van der Waals surface area contributed by atoms with Gasteiger partial charge in [-0.1, -0.05) is 5.16 Å². The molecule has 4 aromatic rings. The van der Waals surface area contributed by atoms with Crippen LogP contribution in [0.15, 0.2) is 53.3 Å². The number of nitrogens with two attached hydrogens (primary N) is 1. The Morgan fingerprint density at radius 1 is 1.30 bits per heavy atom. The minimum atomic E-state index is -1.81. The summed E-state index contributed by atoms with van der Waals surface area (Å²) in [5.74, 6) is -0.772. The Hall–Kier alpha value is -4.09. The molecular weight excluding hydrogens is 428 g/mol. The SMILES string of the molecule is CC1(C(O)C(=O)Nc2ccc3c(N)noc3c2)OCCN(c2ccc3ccncc3n2)C1=O. The van der Waals surface area contributed by atoms with E-state index in [1.165, 1.54) is 17.9 Å². The molecule has 0 bridgehead atoms. The smallest absolute Gasteiger partial charge is 0.263 e. The van der Waals surface area contributed by atoms with Crippen LogP contribution in [0.3, 0.4) is 0 Å². The summed E-state index contributed by atoms with van der Waals surface area (Å²) < 4.78 is 10.7. The Bertz CT molecular complexity index is 1390. The zero-order valence-electron chi connectivity index (χ0n) is 17.6. The minimum Gasteiger partial charge on any atom is -0.380 e. The average Bonchev–Trinajstić information content (AvgIpc) is 3.20. The van der Waals surface area contributed by atoms with Crippen molar-refractivity contribution >= 4 is 51.0 Å². The van der Waals surface area contributed by atoms with Gasteiger partial charge in [0.05, 0.1) is 30.3 Å². The third kappa shape index (κ3) is 3.52. The number of carbonyl (C=O) groups is 2. The van der Waals surface area contributed by atoms with Gasteiger partial charge in [0.2, 0.25) is 0 Å². The number of carbonyl (C=O) groups excluding carboxylic acids is 2. The van der Waals surface area contributed by atoms with Crippen molar-refractivity contribution in [1.29, 1.82) is 0 Å². The fourth-order valence-electron chi connectivity index (χ4n) is 3.80. The lowest BCUT2D eigenvalue weighted by atomic mass is 9.94. The van der Waals surface area contributed by atoms with Crippen LogP contribution in [-0.2, 0) is 14.3 Å². The number of nitrogens with zero attached hydrogens (tertiary/aromatic N) is 4. The highest BCUT2D eigenvalue weighted by atomic mass is 16.5. The predicted octanol–water partition coefficient (Wildman–Crippen LogP) is 1.47. The van der Waals surface area contributed by atoms with Crippen LogP contribution in [0.4, 0.5) is 17.3 Å². The summed E-state index contributed by atoms with van der Waals surface area (Å²) in [6.07, 6.45) is 1.47. The molecule has 1 aromatic carbocycles. The lowest BCUT2D eigenvalue weighted by molar-refractivity contribution is -0.170. The van der Waals surface area contributed by atoms with Gasteiger partial charge in [-0.15, -0.1) is 0 Å². The summed E-state index contributed by atoms with van der Waals surface area (Å²) in [5, 5.41) is 18.5. The Labute approximate surface area is 187 Å². The van der Waals surface area contributed by atoms with Crippen molar-refractivity contribution in [3.63, 3.8) is 0 Å². The normalized spacial score (nSPS) is 19.7. The molecule has 0 spiro atoms. The van der Waals surface area contributed by atoms with Gasteiger partial charge >= 0.3 is 0 Å². The van der Waals surface area contributed by atoms with E-state index in [-0.39, 0.29) is 19.0 Å². The lowest BCUT2D eigenvalue weighted by Crippen LogP contribution is -2.63. The molecule has 4 N–H and O–H groups in total. The number of ether oxygens (including phenoxy) is 1. The summed E-state index contributed by atoms with van der Waals surface area (Å²) in [4.78, 5) is 36.1. The molecule has 2 unspecified atom stereocenters. The topological polar surface area (TPSA) is 157 Å². The highest BCUT2D eigenvalue weighted by Crippen LogP contribution is 2.29. The number of benzene rings is 1. The van der Waals surface area contributed by atoms with Crippen molar-refractivity contribution in [2.75, 3.05) is 29.1 Å². The van der Waals surface area contributed by atoms with E-state index in [0.717, 1.165) is 5.39 Å². The number of nitrogens with one attached hydrogen (secondary N) is 1. The number of nitrogen functional groups attached to an aromatic ring is 1. The van der Waals surface area contributed by atoms with Gasteiger partial charge in [-0.05, 0) is 37.3 Å². The van der Waals surface area contributed by atoms with Gasteiger partial charge in [0.25, 0.3) is 11.8 Å². The first kappa shape index (κ1) is 20.8. The van der Waals surface area contributed by atoms with E-state index in [1.54, 1.807) is 30.6 Å². The van der Waals surface area contributed by atoms with E-state index in [1.807, 2.05) is 12.1 Å². The molecule has 3 aromatic heterocycles. The van der Waals surface area contributed by atoms with E-state index >= 15 is 0 Å². The third-order valence-electron chi connectivity index (χ3n) is 5.68. The summed E-state index contributed by atoms with van der Waals surface area (Å²) >= 11 is 0. The fourth-order valence-corrected chi connectivity index (χ4v) is 3.80. The van der Waals surface area contributed by atoms with E-state index in [9.17, 15) is 14.7 Å². The van der Waals surface area contributed by atoms with Gasteiger partial charge in [-0.2, -0.15) is 0 Å². The largest absolute Gasteiger partial charge is 0.380 e. The molecule has 0 aliphatic carbocycles. The number of rotatable bonds is 4. The molecular formula is C22H20N6O5. The maximum Gasteiger partial charge on any atom is 0.263 e. The second-order valence-corrected chi connectivity index (χ2v) is 7.82. The number of aliphatic hydroxyl groups excluding tert-OH is 1. The number of aromatic nitrogens is 3. The van der Waals surface area contributed by atoms with Gasteiger partial charge in [0, 0.05) is 23.3 Å². The van der Waals surface area contributed by atoms with Crippen molar-refractivity contribution in [2.45, 2.75) is 18.6 Å². The number of fused-ring (bicyclic) bond motifs is 2. The number of hydrogen-bond donors (Lipinski definition) is 3. The van der Waals surface area contributed by atoms with E-state index < -0.39 is 23.5 Å². The fraction of sp³-hybridized carbons (Fsp3) is 0.227. The van der Waals surface area contributed by atoms with Crippen LogP contribution in [0.5, 0.6) is 0 Å². The standard InChI is InChI=1S/C22H20N6O5/c1-22(18(29)20(30)25-13-3-4-14-16(10-13)33-27-19(14)23)21(31)28(8-9-32-22)17-5-2-12-6-7-24-11-15(12)26-17/h2-7,10-11,18,29H,8-9H2,1H3,(H2,23,27)(H,25,30). The zero-order valence-corrected chi connectivity index (χ0v) is 17.6. The summed E-state index contributed by atoms with van der Waals surface area (Å²) in [6, 6.07) is 10.1. The van der Waals surface area contributed by atoms with Crippen LogP contribution in [0.2, 0.25) is 0 Å². The Morgan fingerprint density at radius 3 is 3.00 bits per heavy atom. The van der Waals surface area contributed by atoms with Crippen molar-refractivity contribution in [1.82, 2.24) is 15.1 Å². The Kier molecular flexibility index (Phi) is 4.91. The van der Waals surface area contributed by atoms with Crippen molar-refractivity contribution in [3.8, 4) is 0 Å². The molecule has 1 aliphatic heterocycles. The maximum absolute atomic E-state index is 13.3. The van der Waals surface area contributed by atoms with Crippen molar-refractivity contribution in [3.05, 3.63) is 48.8 Å². The molecule has 0 radical (unpaired) electrons. The van der Waals surface area contributed by atoms with Crippen molar-refractivity contribution < 1.29 is 24.0 Å². The molecule has 33 heavy (non-hydrogen) atoms. The highest BCUT2D eigenvalue weighted by molar-refractivity contribution is 6.06. The number of anilines is 3. The molecule has 1 aliphatic rings. The number of aliphatic hydroxyl groups is 1. The predicted molar refractivity (Wildman–Crippen MR) is 119 cm³/mol. The minimum absolute atomic E-state index is 0.114. The summed E-state index contributed by atoms with van der Waals surface area (Å²) in [5.41, 5.74) is 5.23. The molecule has 11 heteroatoms. The molecule has 1 fully saturated rings. The quantitative estimate of drug-likeness (QED) is 0.420. The van der Waals surface area contributed by atoms with Gasteiger partial charge in [0.1, 0.15) is 5.82 Å². The van der Waals surface area contributed by atoms with Crippen LogP contribution in [-0.4, -0.2) is 56.9 Å². The molecule has 5 rings (SSSR count). The molecule has 11 nitrogen and oxygen atoms in total. The molecule has 168 valence electrons. The molecule has 2 amide bonds. The lowest BCUT2D eigenvalue weighted by Gasteiger charge is -2.40. The maximum atomic E-state index is 13.3. The number of pyridine rings is 2.